The van der Waals surface area contributed by atoms with Crippen LogP contribution in [0.1, 0.15) is 386 Å². The molecule has 0 saturated heterocycles. The van der Waals surface area contributed by atoms with Crippen molar-refractivity contribution in [1.82, 2.24) is 0 Å². The van der Waals surface area contributed by atoms with E-state index in [-0.39, 0.29) is 32.2 Å². The maximum atomic E-state index is 13.0. The highest BCUT2D eigenvalue weighted by atomic mass is 16.7. The minimum absolute atomic E-state index is 0.146. The minimum Gasteiger partial charge on any atom is -0.545 e. The number of quaternary nitrogens is 1. The lowest BCUT2D eigenvalue weighted by Gasteiger charge is -2.26. The number of nitrogens with zero attached hydrogens (tertiary/aromatic N) is 1. The lowest BCUT2D eigenvalue weighted by Crippen LogP contribution is -2.44. The van der Waals surface area contributed by atoms with Crippen molar-refractivity contribution >= 4 is 17.9 Å². The number of rotatable bonds is 79. The molecule has 0 saturated carbocycles. The number of likely N-dealkylation sites (N-methyl/N-ethyl adjacent to an activating group) is 1. The molecule has 2 atom stereocenters. The van der Waals surface area contributed by atoms with Crippen molar-refractivity contribution in [1.29, 1.82) is 0 Å². The summed E-state index contributed by atoms with van der Waals surface area (Å²) in [5.74, 6) is -2.26. The highest BCUT2D eigenvalue weighted by molar-refractivity contribution is 5.70. The van der Waals surface area contributed by atoms with Gasteiger partial charge < -0.3 is 33.3 Å². The normalized spacial score (nSPS) is 13.2. The molecule has 2 unspecified atom stereocenters. The van der Waals surface area contributed by atoms with Crippen molar-refractivity contribution in [3.63, 3.8) is 0 Å². The van der Waals surface area contributed by atoms with E-state index in [4.69, 9.17) is 18.9 Å². The summed E-state index contributed by atoms with van der Waals surface area (Å²) in [6, 6.07) is 0. The van der Waals surface area contributed by atoms with Gasteiger partial charge in [0.25, 0.3) is 0 Å². The van der Waals surface area contributed by atoms with Crippen LogP contribution < -0.4 is 5.11 Å². The first-order valence-electron chi connectivity index (χ1n) is 42.7. The van der Waals surface area contributed by atoms with Gasteiger partial charge in [0, 0.05) is 12.8 Å². The molecule has 582 valence electrons. The molecule has 0 radical (unpaired) electrons. The van der Waals surface area contributed by atoms with E-state index in [1.54, 1.807) is 0 Å². The van der Waals surface area contributed by atoms with Crippen LogP contribution in [0.2, 0.25) is 0 Å². The van der Waals surface area contributed by atoms with Crippen molar-refractivity contribution in [2.45, 2.75) is 399 Å². The molecule has 0 aliphatic heterocycles. The molecule has 0 aromatic carbocycles. The Morgan fingerprint density at radius 1 is 0.307 bits per heavy atom. The number of allylic oxidation sites excluding steroid dienone is 20. The van der Waals surface area contributed by atoms with Crippen molar-refractivity contribution in [3.05, 3.63) is 122 Å². The van der Waals surface area contributed by atoms with Crippen molar-refractivity contribution < 1.29 is 42.9 Å². The molecule has 0 spiro atoms. The van der Waals surface area contributed by atoms with Crippen molar-refractivity contribution in [3.8, 4) is 0 Å². The first kappa shape index (κ1) is 96.7. The highest BCUT2D eigenvalue weighted by Crippen LogP contribution is 2.19. The fourth-order valence-electron chi connectivity index (χ4n) is 12.2. The molecule has 0 aliphatic carbocycles. The average molecular weight is 1410 g/mol. The summed E-state index contributed by atoms with van der Waals surface area (Å²) in [7, 11) is 5.95. The molecule has 0 N–H and O–H groups in total. The van der Waals surface area contributed by atoms with E-state index in [2.05, 4.69) is 135 Å². The van der Waals surface area contributed by atoms with Crippen LogP contribution in [-0.4, -0.2) is 82.3 Å². The Balaban J connectivity index is 3.98. The maximum Gasteiger partial charge on any atom is 0.306 e. The Morgan fingerprint density at radius 3 is 0.842 bits per heavy atom. The fourth-order valence-corrected chi connectivity index (χ4v) is 12.2. The summed E-state index contributed by atoms with van der Waals surface area (Å²) in [4.78, 5) is 37.7. The summed E-state index contributed by atoms with van der Waals surface area (Å²) < 4.78 is 22.9. The second kappa shape index (κ2) is 81.4. The Bertz CT molecular complexity index is 2090. The minimum atomic E-state index is -1.63. The van der Waals surface area contributed by atoms with E-state index >= 15 is 0 Å². The van der Waals surface area contributed by atoms with Crippen molar-refractivity contribution in [2.24, 2.45) is 0 Å². The lowest BCUT2D eigenvalue weighted by molar-refractivity contribution is -0.870. The summed E-state index contributed by atoms with van der Waals surface area (Å²) in [5, 5.41) is 11.9. The van der Waals surface area contributed by atoms with Crippen LogP contribution in [-0.2, 0) is 33.3 Å². The molecule has 0 heterocycles. The molecule has 9 nitrogen and oxygen atoms in total. The van der Waals surface area contributed by atoms with E-state index in [1.165, 1.54) is 263 Å². The average Bonchev–Trinajstić information content (AvgIpc) is 1.21. The van der Waals surface area contributed by atoms with Gasteiger partial charge in [-0.25, -0.2) is 0 Å². The molecule has 0 rings (SSSR count). The standard InChI is InChI=1S/C92H161NO8/c1-6-8-10-12-14-16-18-20-22-24-26-28-30-32-34-36-38-40-42-44-45-47-49-51-53-55-57-59-61-63-65-67-69-71-73-75-77-79-81-83-90(95)101-88(87-100-92(91(96)97)98-85-84-93(3,4)5)86-99-89(94)82-80-78-76-74-72-70-68-66-64-62-60-58-56-54-52-50-48-46-43-41-39-37-35-33-31-29-27-25-23-21-19-17-15-13-11-9-7-2/h8,10,14,16,19-22,25-28,31-34,38,40,44-45,88,92H,6-7,9,11-13,15,17-18,23-24,29-30,35-37,39,41-43,46-87H2,1-5H3/b10-8-,16-14-,21-19-,22-20-,27-25-,28-26-,33-31-,34-32-,40-38-,45-44-. The van der Waals surface area contributed by atoms with Crippen LogP contribution in [0.4, 0.5) is 0 Å². The summed E-state index contributed by atoms with van der Waals surface area (Å²) >= 11 is 0. The van der Waals surface area contributed by atoms with Crippen LogP contribution in [0.3, 0.4) is 0 Å². The van der Waals surface area contributed by atoms with E-state index in [0.717, 1.165) is 89.9 Å². The number of esters is 2. The van der Waals surface area contributed by atoms with E-state index in [1.807, 2.05) is 21.1 Å². The maximum absolute atomic E-state index is 13.0. The smallest absolute Gasteiger partial charge is 0.306 e. The van der Waals surface area contributed by atoms with Gasteiger partial charge in [-0.3, -0.25) is 9.59 Å². The number of aliphatic carboxylic acids is 1. The predicted octanol–water partition coefficient (Wildman–Crippen LogP) is 26.5. The van der Waals surface area contributed by atoms with Crippen molar-refractivity contribution in [2.75, 3.05) is 47.5 Å². The summed E-state index contributed by atoms with van der Waals surface area (Å²) in [5.41, 5.74) is 0. The summed E-state index contributed by atoms with van der Waals surface area (Å²) in [6.07, 6.45) is 113. The monoisotopic (exact) mass is 1410 g/mol. The first-order valence-corrected chi connectivity index (χ1v) is 42.7. The zero-order valence-corrected chi connectivity index (χ0v) is 66.8. The SMILES string of the molecule is CC/C=C\C/C=C\C/C=C\C/C=C\C/C=C\C/C=C\C/C=C\CCCCCCCCCCCCCCCCCCCC(=O)OC(COC(=O)CCCCCCCCCCCCCCCCCCCCCCCC/C=C\C/C=C\C/C=C\CCCCCCC)COC(OCC[N+](C)(C)C)C(=O)[O-]. The first-order chi connectivity index (χ1) is 49.6. The number of carboxylic acid groups (broad SMARTS) is 1. The van der Waals surface area contributed by atoms with E-state index in [9.17, 15) is 19.5 Å². The molecule has 101 heavy (non-hydrogen) atoms. The Labute approximate surface area is 625 Å². The zero-order valence-electron chi connectivity index (χ0n) is 66.8. The van der Waals surface area contributed by atoms with Gasteiger partial charge in [-0.05, 0) is 109 Å². The fraction of sp³-hybridized carbons (Fsp3) is 0.750. The molecule has 0 amide bonds. The number of carbonyl (C=O) groups is 3. The van der Waals surface area contributed by atoms with Crippen LogP contribution >= 0.6 is 0 Å². The Kier molecular flexibility index (Phi) is 77.9. The third kappa shape index (κ3) is 82.8. The van der Waals surface area contributed by atoms with Gasteiger partial charge in [0.2, 0.25) is 0 Å². The molecule has 0 aromatic heterocycles. The second-order valence-corrected chi connectivity index (χ2v) is 29.7. The number of hydrogen-bond donors (Lipinski definition) is 0. The van der Waals surface area contributed by atoms with Crippen LogP contribution in [0, 0.1) is 0 Å². The number of hydrogen-bond acceptors (Lipinski definition) is 8. The topological polar surface area (TPSA) is 111 Å². The van der Waals surface area contributed by atoms with E-state index < -0.39 is 24.3 Å². The molecule has 0 fully saturated rings. The van der Waals surface area contributed by atoms with E-state index in [0.29, 0.717) is 23.9 Å². The highest BCUT2D eigenvalue weighted by Gasteiger charge is 2.22. The molecule has 0 aliphatic rings. The molecule has 9 heteroatoms. The number of carboxylic acids is 1. The van der Waals surface area contributed by atoms with Gasteiger partial charge in [-0.1, -0.05) is 386 Å². The van der Waals surface area contributed by atoms with Gasteiger partial charge in [0.1, 0.15) is 13.2 Å². The number of carbonyl (C=O) groups excluding carboxylic acids is 3. The third-order valence-electron chi connectivity index (χ3n) is 18.7. The molecule has 0 aromatic rings. The van der Waals surface area contributed by atoms with Crippen LogP contribution in [0.15, 0.2) is 122 Å². The quantitative estimate of drug-likeness (QED) is 0.0195. The Hall–Kier alpha value is -4.31. The molecule has 0 bridgehead atoms. The zero-order chi connectivity index (χ0) is 73.2. The van der Waals surface area contributed by atoms with Gasteiger partial charge in [0.15, 0.2) is 12.4 Å². The molecular formula is C92H161NO8. The van der Waals surface area contributed by atoms with Crippen LogP contribution in [0.25, 0.3) is 0 Å². The largest absolute Gasteiger partial charge is 0.545 e. The van der Waals surface area contributed by atoms with Gasteiger partial charge in [-0.15, -0.1) is 0 Å². The number of ether oxygens (including phenoxy) is 4. The predicted molar refractivity (Wildman–Crippen MR) is 435 cm³/mol. The van der Waals surface area contributed by atoms with Gasteiger partial charge >= 0.3 is 11.9 Å². The van der Waals surface area contributed by atoms with Gasteiger partial charge in [-0.2, -0.15) is 0 Å². The second-order valence-electron chi connectivity index (χ2n) is 29.7. The molecular weight excluding hydrogens is 1250 g/mol. The van der Waals surface area contributed by atoms with Gasteiger partial charge in [0.05, 0.1) is 40.3 Å². The third-order valence-corrected chi connectivity index (χ3v) is 18.7. The van der Waals surface area contributed by atoms with Crippen LogP contribution in [0.5, 0.6) is 0 Å². The number of unbranched alkanes of at least 4 members (excludes halogenated alkanes) is 44. The lowest BCUT2D eigenvalue weighted by atomic mass is 10.0. The summed E-state index contributed by atoms with van der Waals surface area (Å²) in [6.45, 7) is 4.67. The Morgan fingerprint density at radius 2 is 0.564 bits per heavy atom.